The minimum atomic E-state index is -2.88. The third-order valence-corrected chi connectivity index (χ3v) is 6.70. The number of nitrogens with zero attached hydrogens (tertiary/aromatic N) is 2. The summed E-state index contributed by atoms with van der Waals surface area (Å²) in [5, 5.41) is 7.97. The summed E-state index contributed by atoms with van der Waals surface area (Å²) >= 11 is 3.61. The van der Waals surface area contributed by atoms with Gasteiger partial charge in [0.05, 0.1) is 27.4 Å². The molecule has 1 aliphatic heterocycles. The summed E-state index contributed by atoms with van der Waals surface area (Å²) in [6, 6.07) is 0. The minimum Gasteiger partial charge on any atom is -0.305 e. The number of sulfone groups is 1. The van der Waals surface area contributed by atoms with E-state index in [1.54, 1.807) is 0 Å². The van der Waals surface area contributed by atoms with Crippen LogP contribution < -0.4 is 5.32 Å². The lowest BCUT2D eigenvalue weighted by atomic mass is 10.0. The van der Waals surface area contributed by atoms with E-state index in [1.165, 1.54) is 0 Å². The number of halogens is 1. The Hall–Kier alpha value is -0.400. The van der Waals surface area contributed by atoms with Gasteiger partial charge in [-0.2, -0.15) is 5.10 Å². The molecule has 0 radical (unpaired) electrons. The van der Waals surface area contributed by atoms with E-state index in [9.17, 15) is 8.42 Å². The van der Waals surface area contributed by atoms with E-state index in [-0.39, 0.29) is 17.0 Å². The second kappa shape index (κ2) is 5.77. The molecule has 20 heavy (non-hydrogen) atoms. The molecule has 1 aliphatic rings. The second-order valence-electron chi connectivity index (χ2n) is 5.63. The first-order valence-corrected chi connectivity index (χ1v) is 9.61. The number of rotatable bonds is 5. The average Bonchev–Trinajstić information content (AvgIpc) is 2.84. The van der Waals surface area contributed by atoms with Crippen molar-refractivity contribution in [1.82, 2.24) is 15.1 Å². The molecule has 1 aromatic heterocycles. The van der Waals surface area contributed by atoms with E-state index in [4.69, 9.17) is 0 Å². The molecule has 2 heterocycles. The summed E-state index contributed by atoms with van der Waals surface area (Å²) in [5.41, 5.74) is 1.82. The molecule has 0 aliphatic carbocycles. The number of aromatic nitrogens is 2. The van der Waals surface area contributed by atoms with Crippen LogP contribution in [0.3, 0.4) is 0 Å². The third-order valence-electron chi connectivity index (χ3n) is 3.88. The highest BCUT2D eigenvalue weighted by molar-refractivity contribution is 9.10. The van der Waals surface area contributed by atoms with Crippen LogP contribution in [0.25, 0.3) is 0 Å². The van der Waals surface area contributed by atoms with Gasteiger partial charge >= 0.3 is 0 Å². The topological polar surface area (TPSA) is 64.0 Å². The van der Waals surface area contributed by atoms with E-state index in [0.717, 1.165) is 28.8 Å². The molecular weight excluding hydrogens is 342 g/mol. The zero-order valence-electron chi connectivity index (χ0n) is 12.2. The van der Waals surface area contributed by atoms with Gasteiger partial charge in [0.25, 0.3) is 0 Å². The monoisotopic (exact) mass is 363 g/mol. The number of nitrogens with one attached hydrogen (secondary N) is 1. The Labute approximate surface area is 129 Å². The van der Waals surface area contributed by atoms with Crippen LogP contribution >= 0.6 is 15.9 Å². The molecule has 114 valence electrons. The van der Waals surface area contributed by atoms with Gasteiger partial charge in [-0.05, 0) is 42.6 Å². The van der Waals surface area contributed by atoms with Gasteiger partial charge in [0.2, 0.25) is 0 Å². The predicted octanol–water partition coefficient (Wildman–Crippen LogP) is 1.89. The van der Waals surface area contributed by atoms with E-state index < -0.39 is 9.84 Å². The first-order valence-electron chi connectivity index (χ1n) is 7.00. The van der Waals surface area contributed by atoms with Gasteiger partial charge in [0.1, 0.15) is 0 Å². The van der Waals surface area contributed by atoms with Crippen LogP contribution in [0.5, 0.6) is 0 Å². The van der Waals surface area contributed by atoms with E-state index >= 15 is 0 Å². The molecule has 0 amide bonds. The first kappa shape index (κ1) is 16.0. The van der Waals surface area contributed by atoms with Crippen molar-refractivity contribution < 1.29 is 8.42 Å². The average molecular weight is 364 g/mol. The lowest BCUT2D eigenvalue weighted by Gasteiger charge is -2.24. The quantitative estimate of drug-likeness (QED) is 0.867. The van der Waals surface area contributed by atoms with Crippen molar-refractivity contribution in [3.63, 3.8) is 0 Å². The largest absolute Gasteiger partial charge is 0.305 e. The maximum atomic E-state index is 11.6. The zero-order chi connectivity index (χ0) is 15.0. The Bertz CT molecular complexity index is 597. The van der Waals surface area contributed by atoms with Crippen LogP contribution in [-0.4, -0.2) is 35.2 Å². The summed E-state index contributed by atoms with van der Waals surface area (Å²) in [5.74, 6) is 0.503. The standard InChI is InChI=1S/C13H22BrN3O2S/c1-4-10-12(14)11(17(5-2)16-10)8-15-13(3)6-7-20(18,19)9-13/h15H,4-9H2,1-3H3. The predicted molar refractivity (Wildman–Crippen MR) is 83.5 cm³/mol. The van der Waals surface area contributed by atoms with Crippen LogP contribution in [0.2, 0.25) is 0 Å². The summed E-state index contributed by atoms with van der Waals surface area (Å²) in [7, 11) is -2.88. The maximum Gasteiger partial charge on any atom is 0.152 e. The highest BCUT2D eigenvalue weighted by Gasteiger charge is 2.38. The Morgan fingerprint density at radius 1 is 1.45 bits per heavy atom. The molecule has 2 rings (SSSR count). The van der Waals surface area contributed by atoms with E-state index in [2.05, 4.69) is 40.2 Å². The molecule has 1 N–H and O–H groups in total. The highest BCUT2D eigenvalue weighted by Crippen LogP contribution is 2.26. The molecule has 0 bridgehead atoms. The van der Waals surface area contributed by atoms with E-state index in [1.807, 2.05) is 11.6 Å². The molecule has 5 nitrogen and oxygen atoms in total. The van der Waals surface area contributed by atoms with Gasteiger partial charge in [0.15, 0.2) is 9.84 Å². The molecule has 0 aromatic carbocycles. The second-order valence-corrected chi connectivity index (χ2v) is 8.61. The van der Waals surface area contributed by atoms with Crippen molar-refractivity contribution in [3.8, 4) is 0 Å². The van der Waals surface area contributed by atoms with E-state index in [0.29, 0.717) is 13.0 Å². The lowest BCUT2D eigenvalue weighted by Crippen LogP contribution is -2.43. The first-order chi connectivity index (χ1) is 9.30. The Morgan fingerprint density at radius 2 is 2.15 bits per heavy atom. The fourth-order valence-corrected chi connectivity index (χ4v) is 5.46. The normalized spacial score (nSPS) is 25.2. The van der Waals surface area contributed by atoms with Crippen molar-refractivity contribution in [2.45, 2.75) is 52.2 Å². The third kappa shape index (κ3) is 3.26. The van der Waals surface area contributed by atoms with Gasteiger partial charge in [-0.25, -0.2) is 8.42 Å². The molecule has 0 saturated carbocycles. The molecular formula is C13H22BrN3O2S. The Balaban J connectivity index is 2.13. The van der Waals surface area contributed by atoms with Crippen molar-refractivity contribution in [1.29, 1.82) is 0 Å². The van der Waals surface area contributed by atoms with Crippen molar-refractivity contribution in [3.05, 3.63) is 15.9 Å². The molecule has 1 unspecified atom stereocenters. The molecule has 7 heteroatoms. The molecule has 1 saturated heterocycles. The minimum absolute atomic E-state index is 0.221. The fraction of sp³-hybridized carbons (Fsp3) is 0.769. The van der Waals surface area contributed by atoms with Gasteiger partial charge < -0.3 is 5.32 Å². The van der Waals surface area contributed by atoms with Crippen LogP contribution in [0, 0.1) is 0 Å². The maximum absolute atomic E-state index is 11.6. The molecule has 1 aromatic rings. The highest BCUT2D eigenvalue weighted by atomic mass is 79.9. The molecule has 0 spiro atoms. The van der Waals surface area contributed by atoms with Crippen molar-refractivity contribution >= 4 is 25.8 Å². The number of aryl methyl sites for hydroxylation is 2. The summed E-state index contributed by atoms with van der Waals surface area (Å²) in [4.78, 5) is 0. The van der Waals surface area contributed by atoms with Gasteiger partial charge in [0, 0.05) is 18.6 Å². The SMILES string of the molecule is CCc1nn(CC)c(CNC2(C)CCS(=O)(=O)C2)c1Br. The Morgan fingerprint density at radius 3 is 2.65 bits per heavy atom. The number of hydrogen-bond acceptors (Lipinski definition) is 4. The van der Waals surface area contributed by atoms with Crippen molar-refractivity contribution in [2.24, 2.45) is 0 Å². The lowest BCUT2D eigenvalue weighted by molar-refractivity contribution is 0.386. The van der Waals surface area contributed by atoms with Crippen LogP contribution in [0.4, 0.5) is 0 Å². The van der Waals surface area contributed by atoms with Gasteiger partial charge in [-0.3, -0.25) is 4.68 Å². The Kier molecular flexibility index (Phi) is 4.61. The zero-order valence-corrected chi connectivity index (χ0v) is 14.6. The molecule has 1 fully saturated rings. The summed E-state index contributed by atoms with van der Waals surface area (Å²) < 4.78 is 26.3. The van der Waals surface area contributed by atoms with Crippen LogP contribution in [-0.2, 0) is 29.3 Å². The van der Waals surface area contributed by atoms with Crippen LogP contribution in [0.1, 0.15) is 38.6 Å². The number of hydrogen-bond donors (Lipinski definition) is 1. The van der Waals surface area contributed by atoms with Gasteiger partial charge in [-0.1, -0.05) is 6.92 Å². The summed E-state index contributed by atoms with van der Waals surface area (Å²) in [6.07, 6.45) is 1.56. The van der Waals surface area contributed by atoms with Gasteiger partial charge in [-0.15, -0.1) is 0 Å². The molecule has 1 atom stereocenters. The fourth-order valence-electron chi connectivity index (χ4n) is 2.63. The summed E-state index contributed by atoms with van der Waals surface area (Å²) in [6.45, 7) is 7.57. The smallest absolute Gasteiger partial charge is 0.152 e. The van der Waals surface area contributed by atoms with Crippen LogP contribution in [0.15, 0.2) is 4.47 Å². The van der Waals surface area contributed by atoms with Crippen molar-refractivity contribution in [2.75, 3.05) is 11.5 Å².